The minimum Gasteiger partial charge on any atom is -0.504 e. The highest BCUT2D eigenvalue weighted by atomic mass is 16.5. The molecule has 0 radical (unpaired) electrons. The summed E-state index contributed by atoms with van der Waals surface area (Å²) in [5.41, 5.74) is 4.48. The van der Waals surface area contributed by atoms with Crippen LogP contribution in [0.15, 0.2) is 18.2 Å². The Bertz CT molecular complexity index is 387. The molecule has 0 aliphatic carbocycles. The molecule has 1 rings (SSSR count). The number of ether oxygens (including phenoxy) is 1. The van der Waals surface area contributed by atoms with Crippen molar-refractivity contribution < 1.29 is 19.7 Å². The third-order valence-electron chi connectivity index (χ3n) is 2.22. The lowest BCUT2D eigenvalue weighted by atomic mass is 9.93. The smallest absolute Gasteiger partial charge is 0.328 e. The summed E-state index contributed by atoms with van der Waals surface area (Å²) in [6.07, 6.45) is 0. The van der Waals surface area contributed by atoms with Crippen molar-refractivity contribution in [3.8, 4) is 11.5 Å². The maximum absolute atomic E-state index is 10.9. The van der Waals surface area contributed by atoms with Crippen molar-refractivity contribution in [1.82, 2.24) is 0 Å². The number of carboxylic acids is 1. The van der Waals surface area contributed by atoms with Gasteiger partial charge >= 0.3 is 5.97 Å². The number of carboxylic acid groups (broad SMARTS) is 1. The summed E-state index contributed by atoms with van der Waals surface area (Å²) in [6.45, 7) is 1.38. The van der Waals surface area contributed by atoms with E-state index in [0.717, 1.165) is 0 Å². The number of phenols is 1. The fourth-order valence-electron chi connectivity index (χ4n) is 1.12. The molecule has 0 aliphatic heterocycles. The molecule has 0 saturated heterocycles. The Morgan fingerprint density at radius 3 is 2.60 bits per heavy atom. The molecular formula is C10H13NO4. The third kappa shape index (κ3) is 2.02. The molecule has 1 unspecified atom stereocenters. The summed E-state index contributed by atoms with van der Waals surface area (Å²) in [7, 11) is 1.38. The van der Waals surface area contributed by atoms with E-state index in [2.05, 4.69) is 0 Å². The van der Waals surface area contributed by atoms with Crippen LogP contribution in [0.25, 0.3) is 0 Å². The van der Waals surface area contributed by atoms with Crippen molar-refractivity contribution in [2.24, 2.45) is 5.73 Å². The fourth-order valence-corrected chi connectivity index (χ4v) is 1.12. The Balaban J connectivity index is 3.22. The molecule has 0 spiro atoms. The van der Waals surface area contributed by atoms with Crippen LogP contribution in [-0.4, -0.2) is 23.3 Å². The van der Waals surface area contributed by atoms with Crippen LogP contribution < -0.4 is 10.5 Å². The Morgan fingerprint density at radius 2 is 2.13 bits per heavy atom. The van der Waals surface area contributed by atoms with E-state index in [0.29, 0.717) is 5.56 Å². The molecule has 4 N–H and O–H groups in total. The Kier molecular flexibility index (Phi) is 2.85. The molecule has 0 fully saturated rings. The molecule has 0 aliphatic rings. The molecule has 0 bridgehead atoms. The van der Waals surface area contributed by atoms with E-state index in [1.165, 1.54) is 32.2 Å². The van der Waals surface area contributed by atoms with Crippen LogP contribution >= 0.6 is 0 Å². The molecule has 15 heavy (non-hydrogen) atoms. The molecule has 5 nitrogen and oxygen atoms in total. The van der Waals surface area contributed by atoms with E-state index in [9.17, 15) is 9.90 Å². The second kappa shape index (κ2) is 3.78. The van der Waals surface area contributed by atoms with Gasteiger partial charge < -0.3 is 20.7 Å². The highest BCUT2D eigenvalue weighted by Gasteiger charge is 2.30. The number of hydrogen-bond donors (Lipinski definition) is 3. The normalized spacial score (nSPS) is 14.3. The van der Waals surface area contributed by atoms with Crippen molar-refractivity contribution in [2.75, 3.05) is 7.11 Å². The molecular weight excluding hydrogens is 198 g/mol. The number of phenolic OH excluding ortho intramolecular Hbond substituents is 1. The van der Waals surface area contributed by atoms with Gasteiger partial charge in [-0.3, -0.25) is 0 Å². The number of aliphatic carboxylic acids is 1. The maximum Gasteiger partial charge on any atom is 0.328 e. The highest BCUT2D eigenvalue weighted by Crippen LogP contribution is 2.30. The minimum atomic E-state index is -1.50. The second-order valence-electron chi connectivity index (χ2n) is 3.39. The number of nitrogens with two attached hydrogens (primary N) is 1. The first-order valence-corrected chi connectivity index (χ1v) is 4.29. The number of methoxy groups -OCH3 is 1. The van der Waals surface area contributed by atoms with E-state index in [4.69, 9.17) is 15.6 Å². The molecule has 0 amide bonds. The fraction of sp³-hybridized carbons (Fsp3) is 0.300. The summed E-state index contributed by atoms with van der Waals surface area (Å²) in [4.78, 5) is 10.9. The number of aromatic hydroxyl groups is 1. The average molecular weight is 211 g/mol. The number of carbonyl (C=O) groups is 1. The van der Waals surface area contributed by atoms with E-state index in [1.54, 1.807) is 0 Å². The monoisotopic (exact) mass is 211 g/mol. The van der Waals surface area contributed by atoms with Crippen LogP contribution in [0, 0.1) is 0 Å². The lowest BCUT2D eigenvalue weighted by Gasteiger charge is -2.20. The van der Waals surface area contributed by atoms with Crippen LogP contribution in [0.3, 0.4) is 0 Å². The molecule has 1 aromatic carbocycles. The van der Waals surface area contributed by atoms with Gasteiger partial charge in [-0.2, -0.15) is 0 Å². The summed E-state index contributed by atoms with van der Waals surface area (Å²) >= 11 is 0. The van der Waals surface area contributed by atoms with Gasteiger partial charge in [0, 0.05) is 0 Å². The molecule has 0 heterocycles. The number of benzene rings is 1. The van der Waals surface area contributed by atoms with Crippen molar-refractivity contribution in [2.45, 2.75) is 12.5 Å². The molecule has 1 atom stereocenters. The first-order valence-electron chi connectivity index (χ1n) is 4.29. The van der Waals surface area contributed by atoms with E-state index < -0.39 is 11.5 Å². The van der Waals surface area contributed by atoms with Gasteiger partial charge in [-0.15, -0.1) is 0 Å². The Labute approximate surface area is 87.1 Å². The van der Waals surface area contributed by atoms with Gasteiger partial charge in [0.2, 0.25) is 0 Å². The SMILES string of the molecule is COc1cc(C(C)(N)C(=O)O)ccc1O. The van der Waals surface area contributed by atoms with E-state index >= 15 is 0 Å². The highest BCUT2D eigenvalue weighted by molar-refractivity contribution is 5.80. The van der Waals surface area contributed by atoms with Crippen LogP contribution in [0.1, 0.15) is 12.5 Å². The van der Waals surface area contributed by atoms with Crippen LogP contribution in [0.2, 0.25) is 0 Å². The van der Waals surface area contributed by atoms with Gasteiger partial charge in [0.05, 0.1) is 7.11 Å². The molecule has 0 aromatic heterocycles. The van der Waals surface area contributed by atoms with Crippen molar-refractivity contribution in [3.05, 3.63) is 23.8 Å². The average Bonchev–Trinajstić information content (AvgIpc) is 2.18. The number of rotatable bonds is 3. The summed E-state index contributed by atoms with van der Waals surface area (Å²) in [6, 6.07) is 4.21. The predicted octanol–water partition coefficient (Wildman–Crippen LogP) is 0.659. The van der Waals surface area contributed by atoms with Gasteiger partial charge in [-0.25, -0.2) is 4.79 Å². The first kappa shape index (κ1) is 11.3. The zero-order valence-corrected chi connectivity index (χ0v) is 8.52. The molecule has 5 heteroatoms. The minimum absolute atomic E-state index is 0.0533. The summed E-state index contributed by atoms with van der Waals surface area (Å²) in [5, 5.41) is 18.2. The van der Waals surface area contributed by atoms with Crippen LogP contribution in [0.4, 0.5) is 0 Å². The van der Waals surface area contributed by atoms with Crippen LogP contribution in [0.5, 0.6) is 11.5 Å². The zero-order valence-electron chi connectivity index (χ0n) is 8.52. The maximum atomic E-state index is 10.9. The number of hydrogen-bond acceptors (Lipinski definition) is 4. The topological polar surface area (TPSA) is 92.8 Å². The molecule has 1 aromatic rings. The lowest BCUT2D eigenvalue weighted by Crippen LogP contribution is -2.41. The van der Waals surface area contributed by atoms with Crippen molar-refractivity contribution in [1.29, 1.82) is 0 Å². The lowest BCUT2D eigenvalue weighted by molar-refractivity contribution is -0.143. The van der Waals surface area contributed by atoms with Crippen LogP contribution in [-0.2, 0) is 10.3 Å². The Hall–Kier alpha value is -1.75. The second-order valence-corrected chi connectivity index (χ2v) is 3.39. The van der Waals surface area contributed by atoms with Crippen molar-refractivity contribution in [3.63, 3.8) is 0 Å². The quantitative estimate of drug-likeness (QED) is 0.683. The predicted molar refractivity (Wildman–Crippen MR) is 53.8 cm³/mol. The van der Waals surface area contributed by atoms with Gasteiger partial charge in [0.15, 0.2) is 11.5 Å². The largest absolute Gasteiger partial charge is 0.504 e. The van der Waals surface area contributed by atoms with Gasteiger partial charge in [0.25, 0.3) is 0 Å². The molecule has 82 valence electrons. The van der Waals surface area contributed by atoms with Crippen molar-refractivity contribution >= 4 is 5.97 Å². The van der Waals surface area contributed by atoms with Gasteiger partial charge in [-0.1, -0.05) is 6.07 Å². The summed E-state index contributed by atoms with van der Waals surface area (Å²) < 4.78 is 4.86. The van der Waals surface area contributed by atoms with E-state index in [1.807, 2.05) is 0 Å². The third-order valence-corrected chi connectivity index (χ3v) is 2.22. The van der Waals surface area contributed by atoms with Gasteiger partial charge in [0.1, 0.15) is 5.54 Å². The molecule has 0 saturated carbocycles. The van der Waals surface area contributed by atoms with Gasteiger partial charge in [-0.05, 0) is 24.6 Å². The standard InChI is InChI=1S/C10H13NO4/c1-10(11,9(13)14)6-3-4-7(12)8(5-6)15-2/h3-5,12H,11H2,1-2H3,(H,13,14). The zero-order chi connectivity index (χ0) is 11.6. The summed E-state index contributed by atoms with van der Waals surface area (Å²) in [5.74, 6) is -0.997. The van der Waals surface area contributed by atoms with E-state index in [-0.39, 0.29) is 11.5 Å². The Morgan fingerprint density at radius 1 is 1.53 bits per heavy atom. The first-order chi connectivity index (χ1) is 6.89.